The number of nitrogens with two attached hydrogens (primary N) is 1. The summed E-state index contributed by atoms with van der Waals surface area (Å²) in [6, 6.07) is 0.514. The first-order valence-corrected chi connectivity index (χ1v) is 4.71. The second-order valence-corrected chi connectivity index (χ2v) is 4.25. The van der Waals surface area contributed by atoms with Gasteiger partial charge in [0, 0.05) is 19.1 Å². The lowest BCUT2D eigenvalue weighted by atomic mass is 9.74. The highest BCUT2D eigenvalue weighted by molar-refractivity contribution is 4.91. The van der Waals surface area contributed by atoms with Crippen molar-refractivity contribution in [2.45, 2.75) is 25.3 Å². The second kappa shape index (κ2) is 2.76. The van der Waals surface area contributed by atoms with Gasteiger partial charge in [-0.15, -0.1) is 0 Å². The van der Waals surface area contributed by atoms with Crippen LogP contribution in [-0.4, -0.2) is 31.1 Å². The lowest BCUT2D eigenvalue weighted by molar-refractivity contribution is 0.0817. The Kier molecular flexibility index (Phi) is 1.90. The molecule has 2 aliphatic rings. The number of nitrogens with zero attached hydrogens (tertiary/aromatic N) is 1. The van der Waals surface area contributed by atoms with Gasteiger partial charge < -0.3 is 10.6 Å². The molecule has 2 nitrogen and oxygen atoms in total. The Balaban J connectivity index is 2.07. The van der Waals surface area contributed by atoms with E-state index in [1.807, 2.05) is 0 Å². The number of fused-ring (bicyclic) bond motifs is 2. The summed E-state index contributed by atoms with van der Waals surface area (Å²) in [5.41, 5.74) is 6.12. The summed E-state index contributed by atoms with van der Waals surface area (Å²) in [7, 11) is 2.22. The van der Waals surface area contributed by atoms with Crippen LogP contribution in [0.3, 0.4) is 0 Å². The van der Waals surface area contributed by atoms with Crippen molar-refractivity contribution < 1.29 is 0 Å². The summed E-state index contributed by atoms with van der Waals surface area (Å²) in [6.07, 6.45) is 4.14. The molecule has 2 N–H and O–H groups in total. The van der Waals surface area contributed by atoms with Gasteiger partial charge in [-0.1, -0.05) is 6.42 Å². The Morgan fingerprint density at radius 3 is 2.27 bits per heavy atom. The number of likely N-dealkylation sites (tertiary alicyclic amines) is 1. The van der Waals surface area contributed by atoms with E-state index in [2.05, 4.69) is 11.9 Å². The van der Waals surface area contributed by atoms with Crippen LogP contribution in [0.4, 0.5) is 0 Å². The van der Waals surface area contributed by atoms with Gasteiger partial charge in [-0.25, -0.2) is 0 Å². The molecule has 0 amide bonds. The van der Waals surface area contributed by atoms with Gasteiger partial charge in [0.05, 0.1) is 0 Å². The van der Waals surface area contributed by atoms with Crippen LogP contribution in [0.2, 0.25) is 0 Å². The third kappa shape index (κ3) is 1.30. The summed E-state index contributed by atoms with van der Waals surface area (Å²) in [4.78, 5) is 2.44. The monoisotopic (exact) mass is 154 g/mol. The molecule has 0 aromatic heterocycles. The average molecular weight is 154 g/mol. The highest BCUT2D eigenvalue weighted by Gasteiger charge is 2.35. The first-order chi connectivity index (χ1) is 5.27. The van der Waals surface area contributed by atoms with Gasteiger partial charge in [-0.3, -0.25) is 0 Å². The van der Waals surface area contributed by atoms with E-state index in [1.54, 1.807) is 0 Å². The molecule has 1 aliphatic heterocycles. The Labute approximate surface area is 68.7 Å². The van der Waals surface area contributed by atoms with Gasteiger partial charge in [-0.05, 0) is 31.7 Å². The normalized spacial score (nSPS) is 45.8. The Bertz CT molecular complexity index is 132. The van der Waals surface area contributed by atoms with Crippen molar-refractivity contribution in [2.75, 3.05) is 20.1 Å². The maximum Gasteiger partial charge on any atom is 0.0120 e. The van der Waals surface area contributed by atoms with E-state index < -0.39 is 0 Å². The molecule has 2 atom stereocenters. The van der Waals surface area contributed by atoms with Gasteiger partial charge in [0.25, 0.3) is 0 Å². The molecule has 1 heterocycles. The zero-order valence-electron chi connectivity index (χ0n) is 7.29. The molecule has 0 spiro atoms. The summed E-state index contributed by atoms with van der Waals surface area (Å²) in [5.74, 6) is 1.60. The second-order valence-electron chi connectivity index (χ2n) is 4.25. The van der Waals surface area contributed by atoms with Gasteiger partial charge >= 0.3 is 0 Å². The SMILES string of the molecule is CN1C[C@H]2CCC[C@H](C1)C2N. The molecule has 64 valence electrons. The van der Waals surface area contributed by atoms with E-state index in [0.29, 0.717) is 6.04 Å². The first kappa shape index (κ1) is 7.56. The van der Waals surface area contributed by atoms with Gasteiger partial charge in [-0.2, -0.15) is 0 Å². The summed E-state index contributed by atoms with van der Waals surface area (Å²) < 4.78 is 0. The molecule has 1 saturated heterocycles. The zero-order valence-corrected chi connectivity index (χ0v) is 7.29. The highest BCUT2D eigenvalue weighted by Crippen LogP contribution is 2.32. The lowest BCUT2D eigenvalue weighted by Crippen LogP contribution is -2.53. The van der Waals surface area contributed by atoms with E-state index in [1.165, 1.54) is 32.4 Å². The van der Waals surface area contributed by atoms with Crippen LogP contribution in [0.15, 0.2) is 0 Å². The molecule has 1 aliphatic carbocycles. The van der Waals surface area contributed by atoms with E-state index in [4.69, 9.17) is 5.73 Å². The van der Waals surface area contributed by atoms with Crippen LogP contribution in [0, 0.1) is 11.8 Å². The molecule has 0 aromatic carbocycles. The summed E-state index contributed by atoms with van der Waals surface area (Å²) in [5, 5.41) is 0. The highest BCUT2D eigenvalue weighted by atomic mass is 15.1. The predicted octanol–water partition coefficient (Wildman–Crippen LogP) is 0.675. The quantitative estimate of drug-likeness (QED) is 0.556. The fourth-order valence-corrected chi connectivity index (χ4v) is 2.71. The lowest BCUT2D eigenvalue weighted by Gasteiger charge is -2.44. The molecular weight excluding hydrogens is 136 g/mol. The van der Waals surface area contributed by atoms with Crippen molar-refractivity contribution in [3.63, 3.8) is 0 Å². The van der Waals surface area contributed by atoms with Crippen molar-refractivity contribution >= 4 is 0 Å². The topological polar surface area (TPSA) is 29.3 Å². The van der Waals surface area contributed by atoms with Crippen molar-refractivity contribution in [2.24, 2.45) is 17.6 Å². The number of piperidine rings is 1. The van der Waals surface area contributed by atoms with E-state index in [0.717, 1.165) is 11.8 Å². The molecular formula is C9H18N2. The van der Waals surface area contributed by atoms with Crippen molar-refractivity contribution in [3.8, 4) is 0 Å². The third-order valence-electron chi connectivity index (χ3n) is 3.33. The Morgan fingerprint density at radius 2 is 1.73 bits per heavy atom. The van der Waals surface area contributed by atoms with Crippen molar-refractivity contribution in [1.82, 2.24) is 4.90 Å². The van der Waals surface area contributed by atoms with Gasteiger partial charge in [0.2, 0.25) is 0 Å². The summed E-state index contributed by atoms with van der Waals surface area (Å²) in [6.45, 7) is 2.47. The third-order valence-corrected chi connectivity index (χ3v) is 3.33. The van der Waals surface area contributed by atoms with Crippen LogP contribution >= 0.6 is 0 Å². The molecule has 11 heavy (non-hydrogen) atoms. The van der Waals surface area contributed by atoms with Gasteiger partial charge in [0.15, 0.2) is 0 Å². The van der Waals surface area contributed by atoms with E-state index >= 15 is 0 Å². The maximum atomic E-state index is 6.12. The van der Waals surface area contributed by atoms with Crippen LogP contribution in [-0.2, 0) is 0 Å². The Morgan fingerprint density at radius 1 is 1.18 bits per heavy atom. The van der Waals surface area contributed by atoms with Crippen molar-refractivity contribution in [1.29, 1.82) is 0 Å². The molecule has 2 fully saturated rings. The van der Waals surface area contributed by atoms with Gasteiger partial charge in [0.1, 0.15) is 0 Å². The zero-order chi connectivity index (χ0) is 7.84. The van der Waals surface area contributed by atoms with Crippen LogP contribution in [0.5, 0.6) is 0 Å². The average Bonchev–Trinajstić information content (AvgIpc) is 1.92. The minimum absolute atomic E-state index is 0.514. The van der Waals surface area contributed by atoms with Crippen LogP contribution < -0.4 is 5.73 Å². The molecule has 0 aromatic rings. The minimum Gasteiger partial charge on any atom is -0.327 e. The smallest absolute Gasteiger partial charge is 0.0120 e. The van der Waals surface area contributed by atoms with E-state index in [-0.39, 0.29) is 0 Å². The fourth-order valence-electron chi connectivity index (χ4n) is 2.71. The van der Waals surface area contributed by atoms with Crippen LogP contribution in [0.1, 0.15) is 19.3 Å². The minimum atomic E-state index is 0.514. The van der Waals surface area contributed by atoms with Crippen molar-refractivity contribution in [3.05, 3.63) is 0 Å². The molecule has 2 heteroatoms. The van der Waals surface area contributed by atoms with E-state index in [9.17, 15) is 0 Å². The summed E-state index contributed by atoms with van der Waals surface area (Å²) >= 11 is 0. The molecule has 2 rings (SSSR count). The Hall–Kier alpha value is -0.0800. The standard InChI is InChI=1S/C9H18N2/c1-11-5-7-3-2-4-8(6-11)9(7)10/h7-9H,2-6,10H2,1H3/t7-,8-/m1/s1. The molecule has 0 unspecified atom stereocenters. The predicted molar refractivity (Wildman–Crippen MR) is 46.3 cm³/mol. The molecule has 0 radical (unpaired) electrons. The largest absolute Gasteiger partial charge is 0.327 e. The number of rotatable bonds is 0. The molecule has 2 bridgehead atoms. The maximum absolute atomic E-state index is 6.12. The number of hydrogen-bond donors (Lipinski definition) is 1. The fraction of sp³-hybridized carbons (Fsp3) is 1.00. The van der Waals surface area contributed by atoms with Crippen LogP contribution in [0.25, 0.3) is 0 Å². The number of hydrogen-bond acceptors (Lipinski definition) is 2. The first-order valence-electron chi connectivity index (χ1n) is 4.71. The molecule has 1 saturated carbocycles.